The van der Waals surface area contributed by atoms with Gasteiger partial charge in [-0.05, 0) is 50.1 Å². The molecule has 0 atom stereocenters. The highest BCUT2D eigenvalue weighted by Crippen LogP contribution is 2.20. The molecular formula is C22H33IN4O4S. The number of nitrogens with one attached hydrogen (secondary N) is 2. The van der Waals surface area contributed by atoms with Gasteiger partial charge in [0.2, 0.25) is 10.0 Å². The zero-order chi connectivity index (χ0) is 22.7. The molecule has 0 radical (unpaired) electrons. The van der Waals surface area contributed by atoms with Gasteiger partial charge in [0.15, 0.2) is 5.96 Å². The van der Waals surface area contributed by atoms with Crippen molar-refractivity contribution in [3.05, 3.63) is 59.2 Å². The van der Waals surface area contributed by atoms with Crippen LogP contribution in [0.3, 0.4) is 0 Å². The molecule has 0 amide bonds. The standard InChI is InChI=1S/C22H32N4O4S.HI/c1-4-24-22(25-15-18-7-10-20(11-8-18)31(23,27)28)26-16-19-9-6-17(3)14-21(19)30-13-12-29-5-2;/h6-11,14H,4-5,12-13,15-16H2,1-3H3,(H2,23,27,28)(H2,24,25,26);1H. The molecule has 0 aliphatic rings. The number of benzene rings is 2. The van der Waals surface area contributed by atoms with Crippen LogP contribution in [0.2, 0.25) is 0 Å². The smallest absolute Gasteiger partial charge is 0.238 e. The molecule has 0 fully saturated rings. The lowest BCUT2D eigenvalue weighted by molar-refractivity contribution is 0.110. The van der Waals surface area contributed by atoms with E-state index in [9.17, 15) is 8.42 Å². The van der Waals surface area contributed by atoms with Crippen LogP contribution in [0.4, 0.5) is 0 Å². The number of guanidine groups is 1. The van der Waals surface area contributed by atoms with E-state index in [-0.39, 0.29) is 28.9 Å². The number of ether oxygens (including phenoxy) is 2. The monoisotopic (exact) mass is 576 g/mol. The van der Waals surface area contributed by atoms with Crippen molar-refractivity contribution < 1.29 is 17.9 Å². The van der Waals surface area contributed by atoms with Gasteiger partial charge in [0, 0.05) is 25.3 Å². The van der Waals surface area contributed by atoms with Crippen LogP contribution in [-0.2, 0) is 27.8 Å². The molecule has 0 spiro atoms. The van der Waals surface area contributed by atoms with E-state index in [0.29, 0.717) is 45.4 Å². The number of hydrogen-bond acceptors (Lipinski definition) is 5. The van der Waals surface area contributed by atoms with Gasteiger partial charge in [0.1, 0.15) is 12.4 Å². The number of primary sulfonamides is 1. The Morgan fingerprint density at radius 2 is 1.78 bits per heavy atom. The Morgan fingerprint density at radius 1 is 1.06 bits per heavy atom. The van der Waals surface area contributed by atoms with Gasteiger partial charge in [0.05, 0.1) is 18.0 Å². The lowest BCUT2D eigenvalue weighted by atomic mass is 10.1. The van der Waals surface area contributed by atoms with E-state index in [4.69, 9.17) is 14.6 Å². The maximum Gasteiger partial charge on any atom is 0.238 e. The van der Waals surface area contributed by atoms with Gasteiger partial charge in [-0.1, -0.05) is 24.3 Å². The zero-order valence-corrected chi connectivity index (χ0v) is 21.9. The lowest BCUT2D eigenvalue weighted by Gasteiger charge is -2.15. The molecule has 4 N–H and O–H groups in total. The predicted molar refractivity (Wildman–Crippen MR) is 138 cm³/mol. The highest BCUT2D eigenvalue weighted by molar-refractivity contribution is 14.0. The second-order valence-electron chi connectivity index (χ2n) is 6.89. The number of halogens is 1. The van der Waals surface area contributed by atoms with E-state index in [1.54, 1.807) is 12.1 Å². The SMILES string of the molecule is CCNC(=NCc1ccc(S(N)(=O)=O)cc1)NCc1ccc(C)cc1OCCOCC.I. The molecule has 32 heavy (non-hydrogen) atoms. The summed E-state index contributed by atoms with van der Waals surface area (Å²) in [6.07, 6.45) is 0. The molecule has 0 aromatic heterocycles. The Balaban J connectivity index is 0.00000512. The minimum absolute atomic E-state index is 0. The van der Waals surface area contributed by atoms with Crippen molar-refractivity contribution in [1.82, 2.24) is 10.6 Å². The molecule has 0 bridgehead atoms. The molecule has 0 aliphatic heterocycles. The van der Waals surface area contributed by atoms with Crippen LogP contribution >= 0.6 is 24.0 Å². The fourth-order valence-electron chi connectivity index (χ4n) is 2.77. The first-order chi connectivity index (χ1) is 14.8. The number of aliphatic imine (C=N–C) groups is 1. The highest BCUT2D eigenvalue weighted by Gasteiger charge is 2.08. The molecule has 0 saturated heterocycles. The first kappa shape index (κ1) is 28.1. The Bertz CT molecular complexity index is 966. The molecule has 178 valence electrons. The molecule has 0 heterocycles. The van der Waals surface area contributed by atoms with E-state index in [2.05, 4.69) is 15.6 Å². The summed E-state index contributed by atoms with van der Waals surface area (Å²) in [5, 5.41) is 11.7. The van der Waals surface area contributed by atoms with Gasteiger partial charge in [-0.2, -0.15) is 0 Å². The molecule has 2 aromatic rings. The highest BCUT2D eigenvalue weighted by atomic mass is 127. The van der Waals surface area contributed by atoms with Crippen molar-refractivity contribution in [2.45, 2.75) is 38.8 Å². The van der Waals surface area contributed by atoms with Gasteiger partial charge < -0.3 is 20.1 Å². The fourth-order valence-corrected chi connectivity index (χ4v) is 3.29. The maximum absolute atomic E-state index is 11.4. The Morgan fingerprint density at radius 3 is 2.41 bits per heavy atom. The minimum Gasteiger partial charge on any atom is -0.491 e. The Labute approximate surface area is 208 Å². The van der Waals surface area contributed by atoms with Gasteiger partial charge in [-0.25, -0.2) is 18.5 Å². The maximum atomic E-state index is 11.4. The second kappa shape index (κ2) is 14.3. The first-order valence-electron chi connectivity index (χ1n) is 10.3. The van der Waals surface area contributed by atoms with Gasteiger partial charge in [-0.15, -0.1) is 24.0 Å². The number of hydrogen-bond donors (Lipinski definition) is 3. The van der Waals surface area contributed by atoms with E-state index < -0.39 is 10.0 Å². The summed E-state index contributed by atoms with van der Waals surface area (Å²) >= 11 is 0. The summed E-state index contributed by atoms with van der Waals surface area (Å²) in [6, 6.07) is 12.5. The van der Waals surface area contributed by atoms with E-state index in [0.717, 1.165) is 22.4 Å². The van der Waals surface area contributed by atoms with Crippen molar-refractivity contribution in [3.63, 3.8) is 0 Å². The molecule has 0 saturated carbocycles. The summed E-state index contributed by atoms with van der Waals surface area (Å²) in [4.78, 5) is 4.66. The molecular weight excluding hydrogens is 543 g/mol. The molecule has 10 heteroatoms. The van der Waals surface area contributed by atoms with Crippen LogP contribution in [0, 0.1) is 6.92 Å². The predicted octanol–water partition coefficient (Wildman–Crippen LogP) is 2.93. The third-order valence-corrected chi connectivity index (χ3v) is 5.30. The number of nitrogens with zero attached hydrogens (tertiary/aromatic N) is 1. The molecule has 8 nitrogen and oxygen atoms in total. The van der Waals surface area contributed by atoms with Crippen molar-refractivity contribution in [2.24, 2.45) is 10.1 Å². The minimum atomic E-state index is -3.70. The third kappa shape index (κ3) is 9.72. The average Bonchev–Trinajstić information content (AvgIpc) is 2.74. The third-order valence-electron chi connectivity index (χ3n) is 4.37. The van der Waals surface area contributed by atoms with Crippen molar-refractivity contribution in [3.8, 4) is 5.75 Å². The summed E-state index contributed by atoms with van der Waals surface area (Å²) in [6.45, 7) is 9.33. The lowest BCUT2D eigenvalue weighted by Crippen LogP contribution is -2.36. The Hall–Kier alpha value is -1.89. The zero-order valence-electron chi connectivity index (χ0n) is 18.8. The fraction of sp³-hybridized carbons (Fsp3) is 0.409. The number of sulfonamides is 1. The first-order valence-corrected chi connectivity index (χ1v) is 11.8. The van der Waals surface area contributed by atoms with Crippen LogP contribution in [0.25, 0.3) is 0 Å². The second-order valence-corrected chi connectivity index (χ2v) is 8.46. The number of aryl methyl sites for hydroxylation is 1. The van der Waals surface area contributed by atoms with E-state index >= 15 is 0 Å². The number of nitrogens with two attached hydrogens (primary N) is 1. The van der Waals surface area contributed by atoms with Crippen LogP contribution in [0.5, 0.6) is 5.75 Å². The van der Waals surface area contributed by atoms with Gasteiger partial charge in [-0.3, -0.25) is 0 Å². The molecule has 2 rings (SSSR count). The quantitative estimate of drug-likeness (QED) is 0.164. The van der Waals surface area contributed by atoms with Gasteiger partial charge >= 0.3 is 0 Å². The van der Waals surface area contributed by atoms with Crippen molar-refractivity contribution in [1.29, 1.82) is 0 Å². The van der Waals surface area contributed by atoms with Gasteiger partial charge in [0.25, 0.3) is 0 Å². The van der Waals surface area contributed by atoms with Crippen LogP contribution in [0.1, 0.15) is 30.5 Å². The van der Waals surface area contributed by atoms with Crippen LogP contribution in [0.15, 0.2) is 52.4 Å². The molecule has 2 aromatic carbocycles. The van der Waals surface area contributed by atoms with Crippen molar-refractivity contribution in [2.75, 3.05) is 26.4 Å². The number of rotatable bonds is 11. The molecule has 0 aliphatic carbocycles. The topological polar surface area (TPSA) is 115 Å². The van der Waals surface area contributed by atoms with E-state index in [1.165, 1.54) is 12.1 Å². The van der Waals surface area contributed by atoms with Crippen molar-refractivity contribution >= 4 is 40.0 Å². The van der Waals surface area contributed by atoms with Crippen LogP contribution < -0.4 is 20.5 Å². The molecule has 0 unspecified atom stereocenters. The summed E-state index contributed by atoms with van der Waals surface area (Å²) < 4.78 is 34.0. The normalized spacial score (nSPS) is 11.6. The van der Waals surface area contributed by atoms with E-state index in [1.807, 2.05) is 39.0 Å². The largest absolute Gasteiger partial charge is 0.491 e. The average molecular weight is 577 g/mol. The van der Waals surface area contributed by atoms with Crippen LogP contribution in [-0.4, -0.2) is 40.7 Å². The summed E-state index contributed by atoms with van der Waals surface area (Å²) in [7, 11) is -3.70. The summed E-state index contributed by atoms with van der Waals surface area (Å²) in [5.74, 6) is 1.47. The summed E-state index contributed by atoms with van der Waals surface area (Å²) in [5.41, 5.74) is 3.02. The Kier molecular flexibility index (Phi) is 12.6.